The summed E-state index contributed by atoms with van der Waals surface area (Å²) in [7, 11) is 1.65. The first-order valence-corrected chi connectivity index (χ1v) is 8.04. The van der Waals surface area contributed by atoms with Gasteiger partial charge in [0.25, 0.3) is 0 Å². The topological polar surface area (TPSA) is 67.2 Å². The molecule has 0 amide bonds. The smallest absolute Gasteiger partial charge is 0.118 e. The SMILES string of the molecule is COc1ccc(COCCNc2c(C#N)cnc3ccccc23)cc1. The van der Waals surface area contributed by atoms with E-state index in [0.717, 1.165) is 27.9 Å². The van der Waals surface area contributed by atoms with Crippen molar-refractivity contribution in [3.05, 3.63) is 65.9 Å². The Balaban J connectivity index is 1.57. The first-order valence-electron chi connectivity index (χ1n) is 8.04. The molecular formula is C20H19N3O2. The van der Waals surface area contributed by atoms with Gasteiger partial charge in [0, 0.05) is 18.1 Å². The second kappa shape index (κ2) is 8.13. The summed E-state index contributed by atoms with van der Waals surface area (Å²) < 4.78 is 10.8. The molecule has 0 spiro atoms. The number of methoxy groups -OCH3 is 1. The van der Waals surface area contributed by atoms with Crippen molar-refractivity contribution in [2.24, 2.45) is 0 Å². The van der Waals surface area contributed by atoms with E-state index in [2.05, 4.69) is 16.4 Å². The number of ether oxygens (including phenoxy) is 2. The van der Waals surface area contributed by atoms with Crippen LogP contribution in [-0.4, -0.2) is 25.2 Å². The lowest BCUT2D eigenvalue weighted by Crippen LogP contribution is -2.11. The van der Waals surface area contributed by atoms with Crippen LogP contribution in [0.1, 0.15) is 11.1 Å². The van der Waals surface area contributed by atoms with Crippen LogP contribution in [0, 0.1) is 11.3 Å². The number of benzene rings is 2. The van der Waals surface area contributed by atoms with E-state index < -0.39 is 0 Å². The number of para-hydroxylation sites is 1. The number of nitrogens with one attached hydrogen (secondary N) is 1. The summed E-state index contributed by atoms with van der Waals surface area (Å²) in [5.41, 5.74) is 3.30. The average molecular weight is 333 g/mol. The van der Waals surface area contributed by atoms with Gasteiger partial charge in [-0.1, -0.05) is 30.3 Å². The van der Waals surface area contributed by atoms with Gasteiger partial charge in [-0.15, -0.1) is 0 Å². The number of pyridine rings is 1. The molecule has 0 saturated heterocycles. The maximum absolute atomic E-state index is 9.30. The largest absolute Gasteiger partial charge is 0.497 e. The summed E-state index contributed by atoms with van der Waals surface area (Å²) >= 11 is 0. The highest BCUT2D eigenvalue weighted by atomic mass is 16.5. The van der Waals surface area contributed by atoms with Gasteiger partial charge in [0.1, 0.15) is 11.8 Å². The Morgan fingerprint density at radius 3 is 2.68 bits per heavy atom. The van der Waals surface area contributed by atoms with Gasteiger partial charge in [0.05, 0.1) is 37.1 Å². The molecule has 0 saturated carbocycles. The summed E-state index contributed by atoms with van der Waals surface area (Å²) in [5, 5.41) is 13.5. The van der Waals surface area contributed by atoms with Gasteiger partial charge < -0.3 is 14.8 Å². The van der Waals surface area contributed by atoms with Crippen molar-refractivity contribution >= 4 is 16.6 Å². The standard InChI is InChI=1S/C20H19N3O2/c1-24-17-8-6-15(7-9-17)14-25-11-10-22-20-16(12-21)13-23-19-5-3-2-4-18(19)20/h2-9,13H,10-11,14H2,1H3,(H,22,23). The fourth-order valence-electron chi connectivity index (χ4n) is 2.58. The van der Waals surface area contributed by atoms with E-state index in [4.69, 9.17) is 9.47 Å². The molecule has 0 atom stereocenters. The molecule has 3 aromatic rings. The Hall–Kier alpha value is -3.10. The third-order valence-electron chi connectivity index (χ3n) is 3.87. The summed E-state index contributed by atoms with van der Waals surface area (Å²) in [6.07, 6.45) is 1.60. The molecule has 126 valence electrons. The number of hydrogen-bond acceptors (Lipinski definition) is 5. The van der Waals surface area contributed by atoms with Gasteiger partial charge in [-0.25, -0.2) is 0 Å². The van der Waals surface area contributed by atoms with Crippen molar-refractivity contribution in [2.45, 2.75) is 6.61 Å². The molecule has 3 rings (SSSR count). The van der Waals surface area contributed by atoms with Gasteiger partial charge in [-0.2, -0.15) is 5.26 Å². The van der Waals surface area contributed by atoms with Crippen LogP contribution in [0.2, 0.25) is 0 Å². The van der Waals surface area contributed by atoms with E-state index in [9.17, 15) is 5.26 Å². The van der Waals surface area contributed by atoms with Crippen molar-refractivity contribution in [1.82, 2.24) is 4.98 Å². The number of anilines is 1. The molecule has 0 bridgehead atoms. The van der Waals surface area contributed by atoms with Gasteiger partial charge in [-0.05, 0) is 23.8 Å². The zero-order chi connectivity index (χ0) is 17.5. The van der Waals surface area contributed by atoms with Gasteiger partial charge in [-0.3, -0.25) is 4.98 Å². The quantitative estimate of drug-likeness (QED) is 0.667. The highest BCUT2D eigenvalue weighted by molar-refractivity contribution is 5.93. The van der Waals surface area contributed by atoms with Crippen molar-refractivity contribution in [3.8, 4) is 11.8 Å². The van der Waals surface area contributed by atoms with Crippen LogP contribution in [0.4, 0.5) is 5.69 Å². The highest BCUT2D eigenvalue weighted by Crippen LogP contribution is 2.25. The fraction of sp³-hybridized carbons (Fsp3) is 0.200. The number of nitrogens with zero attached hydrogens (tertiary/aromatic N) is 2. The van der Waals surface area contributed by atoms with Crippen LogP contribution in [0.3, 0.4) is 0 Å². The zero-order valence-electron chi connectivity index (χ0n) is 14.0. The first kappa shape index (κ1) is 16.7. The van der Waals surface area contributed by atoms with Crippen LogP contribution in [0.15, 0.2) is 54.7 Å². The van der Waals surface area contributed by atoms with Crippen molar-refractivity contribution in [1.29, 1.82) is 5.26 Å². The second-order valence-corrected chi connectivity index (χ2v) is 5.50. The Labute approximate surface area is 146 Å². The van der Waals surface area contributed by atoms with Crippen LogP contribution in [0.5, 0.6) is 5.75 Å². The molecule has 0 aliphatic heterocycles. The minimum atomic E-state index is 0.535. The maximum atomic E-state index is 9.30. The normalized spacial score (nSPS) is 10.4. The highest BCUT2D eigenvalue weighted by Gasteiger charge is 2.07. The lowest BCUT2D eigenvalue weighted by Gasteiger charge is -2.11. The van der Waals surface area contributed by atoms with E-state index in [1.165, 1.54) is 0 Å². The van der Waals surface area contributed by atoms with Gasteiger partial charge >= 0.3 is 0 Å². The Kier molecular flexibility index (Phi) is 5.45. The monoisotopic (exact) mass is 333 g/mol. The molecule has 1 heterocycles. The van der Waals surface area contributed by atoms with Crippen LogP contribution >= 0.6 is 0 Å². The molecule has 0 radical (unpaired) electrons. The predicted octanol–water partition coefficient (Wildman–Crippen LogP) is 3.74. The van der Waals surface area contributed by atoms with Gasteiger partial charge in [0.2, 0.25) is 0 Å². The summed E-state index contributed by atoms with van der Waals surface area (Å²) in [4.78, 5) is 4.31. The molecule has 5 nitrogen and oxygen atoms in total. The lowest BCUT2D eigenvalue weighted by molar-refractivity contribution is 0.130. The number of fused-ring (bicyclic) bond motifs is 1. The van der Waals surface area contributed by atoms with E-state index in [-0.39, 0.29) is 0 Å². The van der Waals surface area contributed by atoms with E-state index >= 15 is 0 Å². The third kappa shape index (κ3) is 4.06. The van der Waals surface area contributed by atoms with Crippen molar-refractivity contribution in [3.63, 3.8) is 0 Å². The van der Waals surface area contributed by atoms with E-state index in [1.54, 1.807) is 13.3 Å². The minimum Gasteiger partial charge on any atom is -0.497 e. The summed E-state index contributed by atoms with van der Waals surface area (Å²) in [5.74, 6) is 0.832. The minimum absolute atomic E-state index is 0.535. The lowest BCUT2D eigenvalue weighted by atomic mass is 10.1. The van der Waals surface area contributed by atoms with Crippen LogP contribution in [0.25, 0.3) is 10.9 Å². The fourth-order valence-corrected chi connectivity index (χ4v) is 2.58. The van der Waals surface area contributed by atoms with E-state index in [0.29, 0.717) is 25.3 Å². The number of rotatable bonds is 7. The molecule has 1 aromatic heterocycles. The average Bonchev–Trinajstić information content (AvgIpc) is 2.68. The Morgan fingerprint density at radius 1 is 1.12 bits per heavy atom. The van der Waals surface area contributed by atoms with Crippen LogP contribution < -0.4 is 10.1 Å². The molecule has 1 N–H and O–H groups in total. The molecule has 0 aliphatic rings. The van der Waals surface area contributed by atoms with E-state index in [1.807, 2.05) is 48.5 Å². The molecule has 5 heteroatoms. The molecule has 0 aliphatic carbocycles. The Morgan fingerprint density at radius 2 is 1.92 bits per heavy atom. The molecular weight excluding hydrogens is 314 g/mol. The second-order valence-electron chi connectivity index (χ2n) is 5.50. The van der Waals surface area contributed by atoms with Gasteiger partial charge in [0.15, 0.2) is 0 Å². The van der Waals surface area contributed by atoms with Crippen LogP contribution in [-0.2, 0) is 11.3 Å². The zero-order valence-corrected chi connectivity index (χ0v) is 14.0. The first-order chi connectivity index (χ1) is 12.3. The molecule has 25 heavy (non-hydrogen) atoms. The Bertz CT molecular complexity index is 886. The molecule has 0 fully saturated rings. The third-order valence-corrected chi connectivity index (χ3v) is 3.87. The number of hydrogen-bond donors (Lipinski definition) is 1. The predicted molar refractivity (Wildman–Crippen MR) is 97.6 cm³/mol. The molecule has 0 unspecified atom stereocenters. The summed E-state index contributed by atoms with van der Waals surface area (Å²) in [6.45, 7) is 1.68. The van der Waals surface area contributed by atoms with Crippen molar-refractivity contribution < 1.29 is 9.47 Å². The molecule has 2 aromatic carbocycles. The number of nitriles is 1. The number of aromatic nitrogens is 1. The summed E-state index contributed by atoms with van der Waals surface area (Å²) in [6, 6.07) is 17.8. The maximum Gasteiger partial charge on any atom is 0.118 e. The van der Waals surface area contributed by atoms with Crippen molar-refractivity contribution in [2.75, 3.05) is 25.6 Å².